The lowest BCUT2D eigenvalue weighted by atomic mass is 9.86. The highest BCUT2D eigenvalue weighted by atomic mass is 32.2. The Morgan fingerprint density at radius 2 is 1.88 bits per heavy atom. The molecule has 1 heterocycles. The van der Waals surface area contributed by atoms with Gasteiger partial charge in [-0.15, -0.1) is 0 Å². The Labute approximate surface area is 148 Å². The molecule has 2 atom stereocenters. The van der Waals surface area contributed by atoms with Crippen molar-refractivity contribution in [1.82, 2.24) is 5.32 Å². The van der Waals surface area contributed by atoms with Gasteiger partial charge in [0.15, 0.2) is 21.3 Å². The van der Waals surface area contributed by atoms with E-state index in [1.165, 1.54) is 18.6 Å². The molecule has 3 rings (SSSR count). The van der Waals surface area contributed by atoms with Gasteiger partial charge >= 0.3 is 0 Å². The Balaban J connectivity index is 1.59. The number of hydrogen-bond acceptors (Lipinski definition) is 5. The van der Waals surface area contributed by atoms with E-state index in [4.69, 9.17) is 9.47 Å². The summed E-state index contributed by atoms with van der Waals surface area (Å²) in [7, 11) is -3.54. The molecule has 0 radical (unpaired) electrons. The first-order valence-electron chi connectivity index (χ1n) is 8.87. The van der Waals surface area contributed by atoms with E-state index in [0.29, 0.717) is 30.6 Å². The number of carbonyl (C=O) groups excluding carboxylic acids is 1. The maximum Gasteiger partial charge on any atom is 0.221 e. The fourth-order valence-corrected chi connectivity index (χ4v) is 4.62. The summed E-state index contributed by atoms with van der Waals surface area (Å²) < 4.78 is 35.8. The van der Waals surface area contributed by atoms with Gasteiger partial charge in [-0.3, -0.25) is 4.79 Å². The number of fused-ring (bicyclic) bond motifs is 1. The number of nitrogens with one attached hydrogen (secondary N) is 1. The van der Waals surface area contributed by atoms with Crippen LogP contribution >= 0.6 is 0 Å². The fourth-order valence-electron chi connectivity index (χ4n) is 3.37. The molecule has 1 aliphatic heterocycles. The molecule has 0 aromatic heterocycles. The Hall–Kier alpha value is -1.76. The van der Waals surface area contributed by atoms with Crippen LogP contribution in [0.4, 0.5) is 0 Å². The second-order valence-electron chi connectivity index (χ2n) is 6.81. The fraction of sp³-hybridized carbons (Fsp3) is 0.611. The molecule has 1 aromatic carbocycles. The predicted molar refractivity (Wildman–Crippen MR) is 93.7 cm³/mol. The molecule has 138 valence electrons. The second-order valence-corrected chi connectivity index (χ2v) is 8.92. The van der Waals surface area contributed by atoms with E-state index in [1.807, 2.05) is 0 Å². The molecule has 0 bridgehead atoms. The van der Waals surface area contributed by atoms with Crippen molar-refractivity contribution < 1.29 is 22.7 Å². The SMILES string of the molecule is C[C@@H]1CCCC[C@@H]1NC(=O)CCS(=O)(=O)c1ccc2c(c1)OCCO2. The van der Waals surface area contributed by atoms with Crippen molar-refractivity contribution in [2.24, 2.45) is 5.92 Å². The zero-order valence-corrected chi connectivity index (χ0v) is 15.3. The van der Waals surface area contributed by atoms with Crippen molar-refractivity contribution >= 4 is 15.7 Å². The largest absolute Gasteiger partial charge is 0.486 e. The normalized spacial score (nSPS) is 23.1. The number of sulfone groups is 1. The molecule has 1 aliphatic carbocycles. The maximum atomic E-state index is 12.5. The molecular formula is C18H25NO5S. The zero-order chi connectivity index (χ0) is 17.9. The minimum absolute atomic E-state index is 0.0278. The number of carbonyl (C=O) groups is 1. The van der Waals surface area contributed by atoms with E-state index in [2.05, 4.69) is 12.2 Å². The highest BCUT2D eigenvalue weighted by molar-refractivity contribution is 7.91. The van der Waals surface area contributed by atoms with E-state index in [-0.39, 0.29) is 29.0 Å². The third kappa shape index (κ3) is 4.45. The van der Waals surface area contributed by atoms with Gasteiger partial charge in [-0.1, -0.05) is 19.8 Å². The maximum absolute atomic E-state index is 12.5. The van der Waals surface area contributed by atoms with Crippen molar-refractivity contribution in [2.45, 2.75) is 50.0 Å². The molecule has 1 N–H and O–H groups in total. The first kappa shape index (κ1) is 18.0. The third-order valence-electron chi connectivity index (χ3n) is 4.93. The smallest absolute Gasteiger partial charge is 0.221 e. The quantitative estimate of drug-likeness (QED) is 0.864. The monoisotopic (exact) mass is 367 g/mol. The zero-order valence-electron chi connectivity index (χ0n) is 14.5. The lowest BCUT2D eigenvalue weighted by molar-refractivity contribution is -0.122. The first-order valence-corrected chi connectivity index (χ1v) is 10.5. The summed E-state index contributed by atoms with van der Waals surface area (Å²) in [5.74, 6) is 1.04. The topological polar surface area (TPSA) is 81.7 Å². The third-order valence-corrected chi connectivity index (χ3v) is 6.64. The molecule has 25 heavy (non-hydrogen) atoms. The predicted octanol–water partition coefficient (Wildman–Crippen LogP) is 2.32. The van der Waals surface area contributed by atoms with Crippen LogP contribution in [0.25, 0.3) is 0 Å². The molecule has 6 nitrogen and oxygen atoms in total. The Kier molecular flexibility index (Phi) is 5.51. The summed E-state index contributed by atoms with van der Waals surface area (Å²) in [6.07, 6.45) is 4.37. The number of rotatable bonds is 5. The van der Waals surface area contributed by atoms with Gasteiger partial charge in [0.05, 0.1) is 10.6 Å². The van der Waals surface area contributed by atoms with Gasteiger partial charge in [-0.25, -0.2) is 8.42 Å². The van der Waals surface area contributed by atoms with Gasteiger partial charge in [0.2, 0.25) is 5.91 Å². The van der Waals surface area contributed by atoms with Crippen LogP contribution in [0.1, 0.15) is 39.0 Å². The molecule has 7 heteroatoms. The lowest BCUT2D eigenvalue weighted by Gasteiger charge is -2.29. The number of ether oxygens (including phenoxy) is 2. The van der Waals surface area contributed by atoms with E-state index in [0.717, 1.165) is 19.3 Å². The Morgan fingerprint density at radius 3 is 2.64 bits per heavy atom. The van der Waals surface area contributed by atoms with E-state index < -0.39 is 9.84 Å². The first-order chi connectivity index (χ1) is 12.0. The Bertz CT molecular complexity index is 731. The Morgan fingerprint density at radius 1 is 1.16 bits per heavy atom. The van der Waals surface area contributed by atoms with Gasteiger partial charge in [0.25, 0.3) is 0 Å². The second kappa shape index (κ2) is 7.64. The van der Waals surface area contributed by atoms with E-state index >= 15 is 0 Å². The number of amides is 1. The van der Waals surface area contributed by atoms with Gasteiger partial charge in [-0.05, 0) is 30.9 Å². The summed E-state index contributed by atoms with van der Waals surface area (Å²) in [6, 6.07) is 4.75. The van der Waals surface area contributed by atoms with Gasteiger partial charge in [0.1, 0.15) is 13.2 Å². The molecule has 1 aromatic rings. The van der Waals surface area contributed by atoms with Crippen LogP contribution < -0.4 is 14.8 Å². The molecule has 0 saturated heterocycles. The minimum atomic E-state index is -3.54. The van der Waals surface area contributed by atoms with Crippen LogP contribution in [-0.2, 0) is 14.6 Å². The summed E-state index contributed by atoms with van der Waals surface area (Å²) >= 11 is 0. The molecule has 2 aliphatic rings. The highest BCUT2D eigenvalue weighted by Crippen LogP contribution is 2.32. The number of benzene rings is 1. The average Bonchev–Trinajstić information content (AvgIpc) is 2.62. The van der Waals surface area contributed by atoms with Crippen LogP contribution in [0.15, 0.2) is 23.1 Å². The van der Waals surface area contributed by atoms with Gasteiger partial charge in [0, 0.05) is 18.5 Å². The van der Waals surface area contributed by atoms with Gasteiger partial charge < -0.3 is 14.8 Å². The standard InChI is InChI=1S/C18H25NO5S/c1-13-4-2-3-5-15(13)19-18(20)8-11-25(21,22)14-6-7-16-17(12-14)24-10-9-23-16/h6-7,12-13,15H,2-5,8-11H2,1H3,(H,19,20)/t13-,15+/m1/s1. The molecule has 1 saturated carbocycles. The van der Waals surface area contributed by atoms with Crippen LogP contribution in [0.3, 0.4) is 0 Å². The van der Waals surface area contributed by atoms with Crippen LogP contribution in [-0.4, -0.2) is 39.3 Å². The molecule has 0 spiro atoms. The van der Waals surface area contributed by atoms with E-state index in [1.54, 1.807) is 6.07 Å². The molecule has 1 fully saturated rings. The van der Waals surface area contributed by atoms with Crippen LogP contribution in [0.5, 0.6) is 11.5 Å². The average molecular weight is 367 g/mol. The van der Waals surface area contributed by atoms with Gasteiger partial charge in [-0.2, -0.15) is 0 Å². The summed E-state index contributed by atoms with van der Waals surface area (Å²) in [5, 5.41) is 2.99. The van der Waals surface area contributed by atoms with Crippen molar-refractivity contribution in [2.75, 3.05) is 19.0 Å². The minimum Gasteiger partial charge on any atom is -0.486 e. The number of hydrogen-bond donors (Lipinski definition) is 1. The molecule has 1 amide bonds. The van der Waals surface area contributed by atoms with Crippen LogP contribution in [0.2, 0.25) is 0 Å². The van der Waals surface area contributed by atoms with Crippen molar-refractivity contribution in [3.8, 4) is 11.5 Å². The molecule has 0 unspecified atom stereocenters. The van der Waals surface area contributed by atoms with Crippen molar-refractivity contribution in [3.63, 3.8) is 0 Å². The molecular weight excluding hydrogens is 342 g/mol. The van der Waals surface area contributed by atoms with Crippen molar-refractivity contribution in [1.29, 1.82) is 0 Å². The highest BCUT2D eigenvalue weighted by Gasteiger charge is 2.24. The van der Waals surface area contributed by atoms with E-state index in [9.17, 15) is 13.2 Å². The lowest BCUT2D eigenvalue weighted by Crippen LogP contribution is -2.41. The summed E-state index contributed by atoms with van der Waals surface area (Å²) in [5.41, 5.74) is 0. The summed E-state index contributed by atoms with van der Waals surface area (Å²) in [6.45, 7) is 2.99. The summed E-state index contributed by atoms with van der Waals surface area (Å²) in [4.78, 5) is 12.3. The van der Waals surface area contributed by atoms with Crippen molar-refractivity contribution in [3.05, 3.63) is 18.2 Å². The van der Waals surface area contributed by atoms with Crippen LogP contribution in [0, 0.1) is 5.92 Å².